The smallest absolute Gasteiger partial charge is 0.341 e. The normalized spacial score (nSPS) is 10.5. The highest BCUT2D eigenvalue weighted by Gasteiger charge is 2.19. The second kappa shape index (κ2) is 7.37. The van der Waals surface area contributed by atoms with Crippen LogP contribution < -0.4 is 9.47 Å². The van der Waals surface area contributed by atoms with Crippen LogP contribution in [0, 0.1) is 6.92 Å². The van der Waals surface area contributed by atoms with E-state index in [2.05, 4.69) is 10.2 Å². The number of aromatic hydroxyl groups is 1. The van der Waals surface area contributed by atoms with Crippen molar-refractivity contribution in [1.82, 2.24) is 10.2 Å². The summed E-state index contributed by atoms with van der Waals surface area (Å²) in [4.78, 5) is 10.6. The number of rotatable bonds is 6. The van der Waals surface area contributed by atoms with Crippen LogP contribution in [0.1, 0.15) is 5.69 Å². The molecule has 0 atom stereocenters. The third-order valence-corrected chi connectivity index (χ3v) is 3.84. The third kappa shape index (κ3) is 3.73. The summed E-state index contributed by atoms with van der Waals surface area (Å²) in [6, 6.07) is 11.5. The van der Waals surface area contributed by atoms with Crippen molar-refractivity contribution in [2.24, 2.45) is 0 Å². The lowest BCUT2D eigenvalue weighted by molar-refractivity contribution is -0.139. The van der Waals surface area contributed by atoms with E-state index in [9.17, 15) is 9.90 Å². The molecule has 0 spiro atoms. The van der Waals surface area contributed by atoms with Gasteiger partial charge < -0.3 is 19.7 Å². The van der Waals surface area contributed by atoms with E-state index in [0.29, 0.717) is 33.5 Å². The monoisotopic (exact) mass is 374 g/mol. The lowest BCUT2D eigenvalue weighted by Gasteiger charge is -2.10. The molecule has 0 amide bonds. The number of nitrogens with zero attached hydrogens (tertiary/aromatic N) is 1. The zero-order valence-corrected chi connectivity index (χ0v) is 14.4. The Labute approximate surface area is 153 Å². The predicted octanol–water partition coefficient (Wildman–Crippen LogP) is 4.00. The summed E-state index contributed by atoms with van der Waals surface area (Å²) < 4.78 is 10.9. The zero-order chi connectivity index (χ0) is 18.7. The molecule has 0 radical (unpaired) electrons. The van der Waals surface area contributed by atoms with Crippen LogP contribution >= 0.6 is 11.6 Å². The zero-order valence-electron chi connectivity index (χ0n) is 13.7. The standard InChI is InChI=1S/C18H15ClN2O5/c1-10-18(26-15-5-3-2-4-13(15)19)17(21-20-10)12-7-6-11(8-14(12)22)25-9-16(23)24/h2-8,22H,9H2,1H3,(H,20,21)(H,23,24). The number of phenolic OH excluding ortho intramolecular Hbond substituents is 1. The molecular formula is C18H15ClN2O5. The number of aromatic nitrogens is 2. The Morgan fingerprint density at radius 1 is 1.27 bits per heavy atom. The number of H-pyrrole nitrogens is 1. The summed E-state index contributed by atoms with van der Waals surface area (Å²) in [5.74, 6) is -0.113. The first kappa shape index (κ1) is 17.6. The Morgan fingerprint density at radius 3 is 2.73 bits per heavy atom. The van der Waals surface area contributed by atoms with Gasteiger partial charge >= 0.3 is 5.97 Å². The topological polar surface area (TPSA) is 105 Å². The number of carbonyl (C=O) groups is 1. The van der Waals surface area contributed by atoms with Crippen LogP contribution in [-0.2, 0) is 4.79 Å². The molecule has 0 saturated heterocycles. The summed E-state index contributed by atoms with van der Waals surface area (Å²) in [5.41, 5.74) is 1.45. The Morgan fingerprint density at radius 2 is 2.04 bits per heavy atom. The number of nitrogens with one attached hydrogen (secondary N) is 1. The van der Waals surface area contributed by atoms with Crippen molar-refractivity contribution >= 4 is 17.6 Å². The van der Waals surface area contributed by atoms with Gasteiger partial charge in [0.2, 0.25) is 0 Å². The van der Waals surface area contributed by atoms with Gasteiger partial charge in [-0.1, -0.05) is 23.7 Å². The number of carboxylic acid groups (broad SMARTS) is 1. The minimum absolute atomic E-state index is 0.122. The van der Waals surface area contributed by atoms with E-state index in [4.69, 9.17) is 26.2 Å². The van der Waals surface area contributed by atoms with E-state index in [0.717, 1.165) is 0 Å². The number of aliphatic carboxylic acids is 1. The molecule has 3 aromatic rings. The summed E-state index contributed by atoms with van der Waals surface area (Å²) in [6.45, 7) is 1.28. The minimum atomic E-state index is -1.10. The first-order valence-corrected chi connectivity index (χ1v) is 7.99. The van der Waals surface area contributed by atoms with Crippen LogP contribution in [0.25, 0.3) is 11.3 Å². The number of halogens is 1. The average Bonchev–Trinajstić information content (AvgIpc) is 2.96. The maximum absolute atomic E-state index is 10.6. The number of hydrogen-bond acceptors (Lipinski definition) is 5. The number of phenols is 1. The van der Waals surface area contributed by atoms with Crippen LogP contribution in [-0.4, -0.2) is 33.0 Å². The molecule has 0 aliphatic carbocycles. The van der Waals surface area contributed by atoms with E-state index < -0.39 is 12.6 Å². The molecule has 134 valence electrons. The molecule has 7 nitrogen and oxygen atoms in total. The second-order valence-corrected chi connectivity index (χ2v) is 5.83. The van der Waals surface area contributed by atoms with Crippen LogP contribution in [0.2, 0.25) is 5.02 Å². The first-order chi connectivity index (χ1) is 12.5. The lowest BCUT2D eigenvalue weighted by atomic mass is 10.1. The first-order valence-electron chi connectivity index (χ1n) is 7.61. The third-order valence-electron chi connectivity index (χ3n) is 3.53. The molecule has 8 heteroatoms. The van der Waals surface area contributed by atoms with Crippen molar-refractivity contribution in [2.75, 3.05) is 6.61 Å². The van der Waals surface area contributed by atoms with E-state index in [-0.39, 0.29) is 11.5 Å². The Bertz CT molecular complexity index is 955. The Kier molecular flexibility index (Phi) is 4.99. The molecule has 0 unspecified atom stereocenters. The maximum Gasteiger partial charge on any atom is 0.341 e. The highest BCUT2D eigenvalue weighted by Crippen LogP contribution is 2.40. The molecule has 2 aromatic carbocycles. The summed E-state index contributed by atoms with van der Waals surface area (Å²) >= 11 is 6.13. The van der Waals surface area contributed by atoms with Crippen LogP contribution in [0.5, 0.6) is 23.0 Å². The number of para-hydroxylation sites is 1. The molecular weight excluding hydrogens is 360 g/mol. The van der Waals surface area contributed by atoms with E-state index in [1.807, 2.05) is 0 Å². The average molecular weight is 375 g/mol. The predicted molar refractivity (Wildman–Crippen MR) is 95.1 cm³/mol. The lowest BCUT2D eigenvalue weighted by Crippen LogP contribution is -2.09. The van der Waals surface area contributed by atoms with Gasteiger partial charge in [-0.25, -0.2) is 4.79 Å². The molecule has 0 saturated carbocycles. The summed E-state index contributed by atoms with van der Waals surface area (Å²) in [7, 11) is 0. The van der Waals surface area contributed by atoms with Gasteiger partial charge in [0.15, 0.2) is 12.4 Å². The number of ether oxygens (including phenoxy) is 2. The van der Waals surface area contributed by atoms with Crippen molar-refractivity contribution in [3.63, 3.8) is 0 Å². The van der Waals surface area contributed by atoms with Crippen molar-refractivity contribution in [2.45, 2.75) is 6.92 Å². The fourth-order valence-corrected chi connectivity index (χ4v) is 2.48. The molecule has 3 rings (SSSR count). The summed E-state index contributed by atoms with van der Waals surface area (Å²) in [5, 5.41) is 26.4. The molecule has 0 bridgehead atoms. The fraction of sp³-hybridized carbons (Fsp3) is 0.111. The second-order valence-electron chi connectivity index (χ2n) is 5.42. The van der Waals surface area contributed by atoms with Gasteiger partial charge in [0.1, 0.15) is 22.9 Å². The Hall–Kier alpha value is -3.19. The molecule has 26 heavy (non-hydrogen) atoms. The summed E-state index contributed by atoms with van der Waals surface area (Å²) in [6.07, 6.45) is 0. The van der Waals surface area contributed by atoms with Crippen LogP contribution in [0.4, 0.5) is 0 Å². The van der Waals surface area contributed by atoms with Crippen molar-refractivity contribution in [1.29, 1.82) is 0 Å². The minimum Gasteiger partial charge on any atom is -0.507 e. The molecule has 3 N–H and O–H groups in total. The molecule has 0 fully saturated rings. The van der Waals surface area contributed by atoms with Gasteiger partial charge in [-0.3, -0.25) is 5.10 Å². The highest BCUT2D eigenvalue weighted by molar-refractivity contribution is 6.32. The molecule has 0 aliphatic heterocycles. The van der Waals surface area contributed by atoms with Crippen LogP contribution in [0.3, 0.4) is 0 Å². The van der Waals surface area contributed by atoms with Gasteiger partial charge in [0.05, 0.1) is 10.7 Å². The SMILES string of the molecule is Cc1[nH]nc(-c2ccc(OCC(=O)O)cc2O)c1Oc1ccccc1Cl. The van der Waals surface area contributed by atoms with E-state index in [1.54, 1.807) is 43.3 Å². The number of aryl methyl sites for hydroxylation is 1. The van der Waals surface area contributed by atoms with Gasteiger partial charge in [-0.05, 0) is 31.2 Å². The molecule has 1 heterocycles. The number of hydrogen-bond donors (Lipinski definition) is 3. The van der Waals surface area contributed by atoms with E-state index in [1.165, 1.54) is 6.07 Å². The maximum atomic E-state index is 10.6. The molecule has 1 aromatic heterocycles. The number of aromatic amines is 1. The van der Waals surface area contributed by atoms with Crippen molar-refractivity contribution < 1.29 is 24.5 Å². The van der Waals surface area contributed by atoms with Gasteiger partial charge in [-0.2, -0.15) is 5.10 Å². The largest absolute Gasteiger partial charge is 0.507 e. The van der Waals surface area contributed by atoms with Crippen molar-refractivity contribution in [3.8, 4) is 34.3 Å². The fourth-order valence-electron chi connectivity index (χ4n) is 2.31. The number of benzene rings is 2. The van der Waals surface area contributed by atoms with Crippen LogP contribution in [0.15, 0.2) is 42.5 Å². The van der Waals surface area contributed by atoms with Gasteiger partial charge in [0, 0.05) is 11.6 Å². The van der Waals surface area contributed by atoms with Gasteiger partial charge in [-0.15, -0.1) is 0 Å². The Balaban J connectivity index is 1.93. The van der Waals surface area contributed by atoms with E-state index >= 15 is 0 Å². The quantitative estimate of drug-likeness (QED) is 0.602. The molecule has 0 aliphatic rings. The van der Waals surface area contributed by atoms with Gasteiger partial charge in [0.25, 0.3) is 0 Å². The van der Waals surface area contributed by atoms with Crippen molar-refractivity contribution in [3.05, 3.63) is 53.2 Å². The highest BCUT2D eigenvalue weighted by atomic mass is 35.5. The number of carboxylic acids is 1.